The highest BCUT2D eigenvalue weighted by Crippen LogP contribution is 2.40. The van der Waals surface area contributed by atoms with Crippen molar-refractivity contribution >= 4 is 11.5 Å². The number of hydrogen-bond acceptors (Lipinski definition) is 3. The zero-order valence-electron chi connectivity index (χ0n) is 20.3. The minimum absolute atomic E-state index is 0.00870. The Bertz CT molecular complexity index is 804. The summed E-state index contributed by atoms with van der Waals surface area (Å²) in [7, 11) is 0. The van der Waals surface area contributed by atoms with Crippen molar-refractivity contribution in [3.63, 3.8) is 0 Å². The fourth-order valence-corrected chi connectivity index (χ4v) is 3.86. The van der Waals surface area contributed by atoms with Crippen LogP contribution in [0.5, 0.6) is 0 Å². The molecule has 0 aliphatic rings. The van der Waals surface area contributed by atoms with E-state index < -0.39 is 0 Å². The summed E-state index contributed by atoms with van der Waals surface area (Å²) in [5, 5.41) is 4.54. The standard InChI is InChI=1S/C24H42N4/c1-21(2,3)15-18(23(7,8)9)28(24(10,11)12)19-13-14-27-20(26-19)17(16-25-27)22(4,5)6/h13-14,16,18H,15H2,1-12H3. The maximum Gasteiger partial charge on any atom is 0.161 e. The molecule has 2 heterocycles. The first-order valence-corrected chi connectivity index (χ1v) is 10.6. The highest BCUT2D eigenvalue weighted by Gasteiger charge is 2.39. The molecule has 4 heteroatoms. The minimum atomic E-state index is -0.0452. The zero-order valence-corrected chi connectivity index (χ0v) is 20.3. The highest BCUT2D eigenvalue weighted by molar-refractivity contribution is 5.56. The van der Waals surface area contributed by atoms with Gasteiger partial charge in [-0.3, -0.25) is 0 Å². The first-order valence-electron chi connectivity index (χ1n) is 10.6. The summed E-state index contributed by atoms with van der Waals surface area (Å²) < 4.78 is 1.90. The number of nitrogens with zero attached hydrogens (tertiary/aromatic N) is 4. The summed E-state index contributed by atoms with van der Waals surface area (Å²) >= 11 is 0. The lowest BCUT2D eigenvalue weighted by Crippen LogP contribution is -2.55. The van der Waals surface area contributed by atoms with Crippen molar-refractivity contribution in [2.45, 2.75) is 107 Å². The normalized spacial score (nSPS) is 15.1. The van der Waals surface area contributed by atoms with Crippen molar-refractivity contribution in [2.24, 2.45) is 10.8 Å². The number of rotatable bonds is 3. The average Bonchev–Trinajstić information content (AvgIpc) is 2.85. The molecule has 0 spiro atoms. The molecule has 0 saturated carbocycles. The molecular weight excluding hydrogens is 344 g/mol. The van der Waals surface area contributed by atoms with Crippen molar-refractivity contribution in [1.29, 1.82) is 0 Å². The molecule has 2 aromatic rings. The lowest BCUT2D eigenvalue weighted by Gasteiger charge is -2.50. The van der Waals surface area contributed by atoms with Crippen molar-refractivity contribution in [1.82, 2.24) is 14.6 Å². The van der Waals surface area contributed by atoms with Crippen LogP contribution in [0, 0.1) is 10.8 Å². The van der Waals surface area contributed by atoms with Crippen LogP contribution in [-0.2, 0) is 5.41 Å². The highest BCUT2D eigenvalue weighted by atomic mass is 15.3. The quantitative estimate of drug-likeness (QED) is 0.605. The van der Waals surface area contributed by atoms with Gasteiger partial charge in [0.15, 0.2) is 5.65 Å². The van der Waals surface area contributed by atoms with Gasteiger partial charge in [-0.2, -0.15) is 5.10 Å². The molecule has 28 heavy (non-hydrogen) atoms. The Kier molecular flexibility index (Phi) is 5.70. The molecule has 4 nitrogen and oxygen atoms in total. The van der Waals surface area contributed by atoms with Crippen LogP contribution in [0.4, 0.5) is 5.82 Å². The predicted molar refractivity (Wildman–Crippen MR) is 121 cm³/mol. The third-order valence-electron chi connectivity index (χ3n) is 5.25. The summed E-state index contributed by atoms with van der Waals surface area (Å²) in [6.07, 6.45) is 5.12. The first-order chi connectivity index (χ1) is 12.4. The fourth-order valence-electron chi connectivity index (χ4n) is 3.86. The SMILES string of the molecule is CC(C)(C)CC(N(c1ccn2ncc(C(C)(C)C)c2n1)C(C)(C)C)C(C)(C)C. The third kappa shape index (κ3) is 5.07. The Labute approximate surface area is 172 Å². The number of fused-ring (bicyclic) bond motifs is 1. The molecule has 0 aromatic carbocycles. The van der Waals surface area contributed by atoms with E-state index in [9.17, 15) is 0 Å². The van der Waals surface area contributed by atoms with E-state index in [1.807, 2.05) is 10.7 Å². The Balaban J connectivity index is 2.68. The Morgan fingerprint density at radius 2 is 1.50 bits per heavy atom. The summed E-state index contributed by atoms with van der Waals surface area (Å²) in [4.78, 5) is 7.70. The van der Waals surface area contributed by atoms with E-state index in [0.717, 1.165) is 17.9 Å². The second-order valence-corrected chi connectivity index (χ2v) is 12.5. The van der Waals surface area contributed by atoms with Crippen LogP contribution >= 0.6 is 0 Å². The van der Waals surface area contributed by atoms with E-state index in [1.54, 1.807) is 0 Å². The van der Waals surface area contributed by atoms with Gasteiger partial charge in [0.1, 0.15) is 5.82 Å². The molecule has 2 aromatic heterocycles. The van der Waals surface area contributed by atoms with Crippen LogP contribution < -0.4 is 4.90 Å². The van der Waals surface area contributed by atoms with Crippen LogP contribution in [0.3, 0.4) is 0 Å². The molecule has 0 radical (unpaired) electrons. The monoisotopic (exact) mass is 386 g/mol. The van der Waals surface area contributed by atoms with Gasteiger partial charge in [0.25, 0.3) is 0 Å². The zero-order chi connectivity index (χ0) is 21.7. The van der Waals surface area contributed by atoms with Crippen LogP contribution in [-0.4, -0.2) is 26.2 Å². The van der Waals surface area contributed by atoms with Crippen LogP contribution in [0.1, 0.15) is 95.1 Å². The van der Waals surface area contributed by atoms with E-state index >= 15 is 0 Å². The number of aromatic nitrogens is 3. The van der Waals surface area contributed by atoms with Crippen LogP contribution in [0.15, 0.2) is 18.5 Å². The Hall–Kier alpha value is -1.58. The van der Waals surface area contributed by atoms with Gasteiger partial charge in [0.05, 0.1) is 6.20 Å². The minimum Gasteiger partial charge on any atom is -0.348 e. The molecule has 0 aliphatic carbocycles. The van der Waals surface area contributed by atoms with E-state index in [2.05, 4.69) is 105 Å². The lowest BCUT2D eigenvalue weighted by molar-refractivity contribution is 0.197. The summed E-state index contributed by atoms with van der Waals surface area (Å²) in [6.45, 7) is 27.6. The van der Waals surface area contributed by atoms with E-state index in [-0.39, 0.29) is 21.8 Å². The smallest absolute Gasteiger partial charge is 0.161 e. The fraction of sp³-hybridized carbons (Fsp3) is 0.750. The Morgan fingerprint density at radius 1 is 0.929 bits per heavy atom. The van der Waals surface area contributed by atoms with Crippen molar-refractivity contribution in [3.8, 4) is 0 Å². The van der Waals surface area contributed by atoms with E-state index in [0.29, 0.717) is 6.04 Å². The van der Waals surface area contributed by atoms with Gasteiger partial charge in [-0.15, -0.1) is 0 Å². The van der Waals surface area contributed by atoms with Crippen LogP contribution in [0.2, 0.25) is 0 Å². The van der Waals surface area contributed by atoms with Crippen LogP contribution in [0.25, 0.3) is 5.65 Å². The van der Waals surface area contributed by atoms with Gasteiger partial charge in [0, 0.05) is 23.3 Å². The molecule has 1 atom stereocenters. The summed E-state index contributed by atoms with van der Waals surface area (Å²) in [6, 6.07) is 2.49. The van der Waals surface area contributed by atoms with Gasteiger partial charge in [-0.1, -0.05) is 62.3 Å². The molecule has 0 N–H and O–H groups in total. The van der Waals surface area contributed by atoms with Gasteiger partial charge < -0.3 is 4.90 Å². The second-order valence-electron chi connectivity index (χ2n) is 12.5. The van der Waals surface area contributed by atoms with E-state index in [4.69, 9.17) is 4.98 Å². The Morgan fingerprint density at radius 3 is 1.93 bits per heavy atom. The van der Waals surface area contributed by atoms with Gasteiger partial charge >= 0.3 is 0 Å². The molecule has 158 valence electrons. The summed E-state index contributed by atoms with van der Waals surface area (Å²) in [5.74, 6) is 1.04. The molecule has 0 saturated heterocycles. The average molecular weight is 387 g/mol. The molecular formula is C24H42N4. The molecule has 0 aliphatic heterocycles. The largest absolute Gasteiger partial charge is 0.348 e. The molecule has 0 bridgehead atoms. The van der Waals surface area contributed by atoms with E-state index in [1.165, 1.54) is 5.56 Å². The topological polar surface area (TPSA) is 33.4 Å². The molecule has 0 fully saturated rings. The third-order valence-corrected chi connectivity index (χ3v) is 5.25. The molecule has 2 rings (SSSR count). The van der Waals surface area contributed by atoms with Gasteiger partial charge in [-0.25, -0.2) is 9.50 Å². The van der Waals surface area contributed by atoms with Gasteiger partial charge in [-0.05, 0) is 49.5 Å². The molecule has 0 amide bonds. The number of hydrogen-bond donors (Lipinski definition) is 0. The molecule has 1 unspecified atom stereocenters. The van der Waals surface area contributed by atoms with Crippen molar-refractivity contribution in [3.05, 3.63) is 24.0 Å². The summed E-state index contributed by atoms with van der Waals surface area (Å²) in [5.41, 5.74) is 2.47. The van der Waals surface area contributed by atoms with Crippen molar-refractivity contribution < 1.29 is 0 Å². The maximum absolute atomic E-state index is 5.16. The number of anilines is 1. The second kappa shape index (κ2) is 7.03. The van der Waals surface area contributed by atoms with Gasteiger partial charge in [0.2, 0.25) is 0 Å². The lowest BCUT2D eigenvalue weighted by atomic mass is 9.75. The maximum atomic E-state index is 5.16. The first kappa shape index (κ1) is 22.7. The predicted octanol–water partition coefficient (Wildman–Crippen LogP) is 6.48. The van der Waals surface area contributed by atoms with Crippen molar-refractivity contribution in [2.75, 3.05) is 4.90 Å².